The van der Waals surface area contributed by atoms with E-state index in [1.165, 1.54) is 5.56 Å². The Bertz CT molecular complexity index is 310. The van der Waals surface area contributed by atoms with Gasteiger partial charge in [0, 0.05) is 6.04 Å². The van der Waals surface area contributed by atoms with Gasteiger partial charge < -0.3 is 5.32 Å². The van der Waals surface area contributed by atoms with Crippen LogP contribution in [-0.4, -0.2) is 16.7 Å². The van der Waals surface area contributed by atoms with Gasteiger partial charge in [-0.05, 0) is 44.9 Å². The highest BCUT2D eigenvalue weighted by molar-refractivity contribution is 5.24. The van der Waals surface area contributed by atoms with Crippen LogP contribution in [-0.2, 0) is 6.42 Å². The molecule has 0 spiro atoms. The van der Waals surface area contributed by atoms with E-state index in [2.05, 4.69) is 42.4 Å². The summed E-state index contributed by atoms with van der Waals surface area (Å²) in [5.74, 6) is 0. The molecule has 1 rings (SSSR count). The van der Waals surface area contributed by atoms with E-state index in [4.69, 9.17) is 0 Å². The minimum Gasteiger partial charge on any atom is -0.310 e. The number of hydrogen-bond acceptors (Lipinski definition) is 3. The van der Waals surface area contributed by atoms with Gasteiger partial charge in [-0.25, -0.2) is 0 Å². The second kappa shape index (κ2) is 5.81. The zero-order valence-electron chi connectivity index (χ0n) is 10.2. The third-order valence-electron chi connectivity index (χ3n) is 2.53. The van der Waals surface area contributed by atoms with Crippen LogP contribution in [0.4, 0.5) is 0 Å². The fraction of sp³-hybridized carbons (Fsp3) is 0.667. The van der Waals surface area contributed by atoms with Gasteiger partial charge in [0.1, 0.15) is 0 Å². The highest BCUT2D eigenvalue weighted by Crippen LogP contribution is 2.16. The normalized spacial score (nSPS) is 12.8. The first-order valence-electron chi connectivity index (χ1n) is 5.75. The second-order valence-corrected chi connectivity index (χ2v) is 3.92. The van der Waals surface area contributed by atoms with E-state index in [1.54, 1.807) is 0 Å². The number of aryl methyl sites for hydroxylation is 2. The third kappa shape index (κ3) is 3.27. The molecule has 0 aliphatic carbocycles. The van der Waals surface area contributed by atoms with Gasteiger partial charge in [0.2, 0.25) is 0 Å². The molecule has 0 fully saturated rings. The van der Waals surface area contributed by atoms with Gasteiger partial charge in [0.05, 0.1) is 11.4 Å². The third-order valence-corrected chi connectivity index (χ3v) is 2.53. The van der Waals surface area contributed by atoms with Crippen molar-refractivity contribution in [1.29, 1.82) is 0 Å². The maximum absolute atomic E-state index is 4.24. The second-order valence-electron chi connectivity index (χ2n) is 3.92. The molecule has 1 aromatic rings. The Morgan fingerprint density at radius 3 is 2.67 bits per heavy atom. The molecule has 1 atom stereocenters. The Morgan fingerprint density at radius 2 is 2.07 bits per heavy atom. The molecule has 1 aromatic heterocycles. The van der Waals surface area contributed by atoms with E-state index in [0.717, 1.165) is 30.8 Å². The molecule has 0 bridgehead atoms. The first-order chi connectivity index (χ1) is 7.19. The van der Waals surface area contributed by atoms with Crippen molar-refractivity contribution in [2.24, 2.45) is 0 Å². The fourth-order valence-corrected chi connectivity index (χ4v) is 1.65. The minimum absolute atomic E-state index is 0.370. The highest BCUT2D eigenvalue weighted by Gasteiger charge is 2.10. The molecule has 1 unspecified atom stereocenters. The van der Waals surface area contributed by atoms with E-state index < -0.39 is 0 Å². The number of nitrogens with zero attached hydrogens (tertiary/aromatic N) is 2. The summed E-state index contributed by atoms with van der Waals surface area (Å²) in [6, 6.07) is 2.51. The molecule has 1 heterocycles. The number of aromatic nitrogens is 2. The van der Waals surface area contributed by atoms with Crippen molar-refractivity contribution in [3.8, 4) is 0 Å². The average Bonchev–Trinajstić information content (AvgIpc) is 2.25. The van der Waals surface area contributed by atoms with E-state index in [0.29, 0.717) is 6.04 Å². The van der Waals surface area contributed by atoms with E-state index >= 15 is 0 Å². The smallest absolute Gasteiger partial charge is 0.0676 e. The SMILES string of the molecule is CCCNC(C)c1cc(C)nnc1CC. The molecule has 0 saturated carbocycles. The molecule has 0 aliphatic rings. The van der Waals surface area contributed by atoms with Crippen molar-refractivity contribution in [3.05, 3.63) is 23.0 Å². The Labute approximate surface area is 92.3 Å². The summed E-state index contributed by atoms with van der Waals surface area (Å²) in [5, 5.41) is 11.8. The van der Waals surface area contributed by atoms with Crippen LogP contribution >= 0.6 is 0 Å². The number of nitrogens with one attached hydrogen (secondary N) is 1. The minimum atomic E-state index is 0.370. The van der Waals surface area contributed by atoms with Crippen LogP contribution in [0, 0.1) is 6.92 Å². The molecule has 0 amide bonds. The number of hydrogen-bond donors (Lipinski definition) is 1. The van der Waals surface area contributed by atoms with Crippen molar-refractivity contribution < 1.29 is 0 Å². The molecule has 3 heteroatoms. The molecule has 15 heavy (non-hydrogen) atoms. The van der Waals surface area contributed by atoms with Crippen molar-refractivity contribution >= 4 is 0 Å². The summed E-state index contributed by atoms with van der Waals surface area (Å²) >= 11 is 0. The lowest BCUT2D eigenvalue weighted by Gasteiger charge is -2.16. The summed E-state index contributed by atoms with van der Waals surface area (Å²) < 4.78 is 0. The number of rotatable bonds is 5. The lowest BCUT2D eigenvalue weighted by molar-refractivity contribution is 0.561. The Balaban J connectivity index is 2.85. The molecule has 84 valence electrons. The van der Waals surface area contributed by atoms with Gasteiger partial charge in [-0.2, -0.15) is 10.2 Å². The van der Waals surface area contributed by atoms with Gasteiger partial charge in [0.25, 0.3) is 0 Å². The van der Waals surface area contributed by atoms with E-state index in [1.807, 2.05) is 6.92 Å². The van der Waals surface area contributed by atoms with Gasteiger partial charge in [0.15, 0.2) is 0 Å². The van der Waals surface area contributed by atoms with Crippen LogP contribution in [0.2, 0.25) is 0 Å². The quantitative estimate of drug-likeness (QED) is 0.805. The topological polar surface area (TPSA) is 37.8 Å². The van der Waals surface area contributed by atoms with Crippen LogP contribution < -0.4 is 5.32 Å². The average molecular weight is 207 g/mol. The van der Waals surface area contributed by atoms with Crippen molar-refractivity contribution in [1.82, 2.24) is 15.5 Å². The molecule has 3 nitrogen and oxygen atoms in total. The summed E-state index contributed by atoms with van der Waals surface area (Å²) in [6.45, 7) is 9.52. The van der Waals surface area contributed by atoms with Crippen LogP contribution in [0.25, 0.3) is 0 Å². The summed E-state index contributed by atoms with van der Waals surface area (Å²) in [7, 11) is 0. The summed E-state index contributed by atoms with van der Waals surface area (Å²) in [5.41, 5.74) is 3.39. The standard InChI is InChI=1S/C12H21N3/c1-5-7-13-10(4)11-8-9(3)14-15-12(11)6-2/h8,10,13H,5-7H2,1-4H3. The van der Waals surface area contributed by atoms with Crippen molar-refractivity contribution in [2.45, 2.75) is 46.6 Å². The summed E-state index contributed by atoms with van der Waals surface area (Å²) in [6.07, 6.45) is 2.10. The van der Waals surface area contributed by atoms with Crippen LogP contribution in [0.3, 0.4) is 0 Å². The molecule has 1 N–H and O–H groups in total. The lowest BCUT2D eigenvalue weighted by atomic mass is 10.0. The highest BCUT2D eigenvalue weighted by atomic mass is 15.1. The monoisotopic (exact) mass is 207 g/mol. The molecule has 0 saturated heterocycles. The van der Waals surface area contributed by atoms with Gasteiger partial charge in [-0.15, -0.1) is 0 Å². The summed E-state index contributed by atoms with van der Waals surface area (Å²) in [4.78, 5) is 0. The predicted molar refractivity (Wildman–Crippen MR) is 62.9 cm³/mol. The predicted octanol–water partition coefficient (Wildman–Crippen LogP) is 2.41. The van der Waals surface area contributed by atoms with Crippen LogP contribution in [0.5, 0.6) is 0 Å². The zero-order valence-corrected chi connectivity index (χ0v) is 10.2. The van der Waals surface area contributed by atoms with E-state index in [-0.39, 0.29) is 0 Å². The van der Waals surface area contributed by atoms with Gasteiger partial charge in [-0.1, -0.05) is 13.8 Å². The van der Waals surface area contributed by atoms with Crippen molar-refractivity contribution in [3.63, 3.8) is 0 Å². The molecule has 0 aliphatic heterocycles. The Hall–Kier alpha value is -0.960. The Kier molecular flexibility index (Phi) is 4.69. The van der Waals surface area contributed by atoms with Crippen LogP contribution in [0.15, 0.2) is 6.07 Å². The molecular weight excluding hydrogens is 186 g/mol. The largest absolute Gasteiger partial charge is 0.310 e. The molecular formula is C12H21N3. The van der Waals surface area contributed by atoms with Crippen LogP contribution in [0.1, 0.15) is 50.2 Å². The molecule has 0 aromatic carbocycles. The first-order valence-corrected chi connectivity index (χ1v) is 5.75. The first kappa shape index (κ1) is 12.1. The maximum atomic E-state index is 4.24. The van der Waals surface area contributed by atoms with Gasteiger partial charge >= 0.3 is 0 Å². The fourth-order valence-electron chi connectivity index (χ4n) is 1.65. The Morgan fingerprint density at radius 1 is 1.33 bits per heavy atom. The van der Waals surface area contributed by atoms with E-state index in [9.17, 15) is 0 Å². The van der Waals surface area contributed by atoms with Crippen molar-refractivity contribution in [2.75, 3.05) is 6.54 Å². The zero-order chi connectivity index (χ0) is 11.3. The maximum Gasteiger partial charge on any atom is 0.0676 e. The molecule has 0 radical (unpaired) electrons. The lowest BCUT2D eigenvalue weighted by Crippen LogP contribution is -2.21. The van der Waals surface area contributed by atoms with Gasteiger partial charge in [-0.3, -0.25) is 0 Å².